The Kier molecular flexibility index (Phi) is 3.72. The molecule has 19 heavy (non-hydrogen) atoms. The Balaban J connectivity index is 1.88. The number of piperidine rings is 1. The second-order valence-electron chi connectivity index (χ2n) is 5.98. The van der Waals surface area contributed by atoms with Crippen molar-refractivity contribution in [1.29, 1.82) is 0 Å². The number of hydrogen-bond acceptors (Lipinski definition) is 2. The van der Waals surface area contributed by atoms with E-state index in [1.807, 2.05) is 12.1 Å². The lowest BCUT2D eigenvalue weighted by molar-refractivity contribution is 0.199. The average Bonchev–Trinajstić information content (AvgIpc) is 2.86. The van der Waals surface area contributed by atoms with E-state index in [9.17, 15) is 5.11 Å². The van der Waals surface area contributed by atoms with Crippen molar-refractivity contribution in [2.45, 2.75) is 51.2 Å². The van der Waals surface area contributed by atoms with Crippen molar-refractivity contribution in [1.82, 2.24) is 0 Å². The number of hydrogen-bond donors (Lipinski definition) is 1. The maximum Gasteiger partial charge on any atom is 0.0762 e. The molecular weight excluding hydrogens is 258 g/mol. The molecule has 1 saturated carbocycles. The molecule has 2 nitrogen and oxygen atoms in total. The summed E-state index contributed by atoms with van der Waals surface area (Å²) in [6.45, 7) is 2.90. The second kappa shape index (κ2) is 5.34. The topological polar surface area (TPSA) is 23.5 Å². The Morgan fingerprint density at radius 2 is 2.05 bits per heavy atom. The number of aliphatic hydroxyl groups excluding tert-OH is 1. The first-order valence-corrected chi connectivity index (χ1v) is 7.79. The molecule has 0 radical (unpaired) electrons. The van der Waals surface area contributed by atoms with Crippen LogP contribution in [-0.2, 0) is 0 Å². The van der Waals surface area contributed by atoms with Crippen LogP contribution in [0.4, 0.5) is 5.69 Å². The molecule has 1 aliphatic carbocycles. The molecule has 1 aliphatic heterocycles. The monoisotopic (exact) mass is 279 g/mol. The number of halogens is 1. The molecule has 0 aromatic heterocycles. The lowest BCUT2D eigenvalue weighted by Gasteiger charge is -2.40. The zero-order valence-electron chi connectivity index (χ0n) is 11.5. The van der Waals surface area contributed by atoms with E-state index in [1.54, 1.807) is 6.92 Å². The highest BCUT2D eigenvalue weighted by atomic mass is 35.5. The van der Waals surface area contributed by atoms with Gasteiger partial charge in [0.1, 0.15) is 0 Å². The van der Waals surface area contributed by atoms with Crippen LogP contribution in [0.15, 0.2) is 18.2 Å². The quantitative estimate of drug-likeness (QED) is 0.879. The number of benzene rings is 1. The van der Waals surface area contributed by atoms with Gasteiger partial charge in [0.05, 0.1) is 16.8 Å². The van der Waals surface area contributed by atoms with E-state index in [2.05, 4.69) is 11.0 Å². The van der Waals surface area contributed by atoms with Crippen LogP contribution in [0, 0.1) is 5.92 Å². The minimum absolute atomic E-state index is 0.452. The molecule has 104 valence electrons. The van der Waals surface area contributed by atoms with Gasteiger partial charge in [0.2, 0.25) is 0 Å². The molecule has 3 heteroatoms. The molecule has 3 rings (SSSR count). The summed E-state index contributed by atoms with van der Waals surface area (Å²) in [5, 5.41) is 10.4. The third kappa shape index (κ3) is 2.48. The van der Waals surface area contributed by atoms with E-state index < -0.39 is 6.10 Å². The van der Waals surface area contributed by atoms with E-state index in [-0.39, 0.29) is 0 Å². The third-order valence-corrected chi connectivity index (χ3v) is 5.06. The Hall–Kier alpha value is -0.730. The molecule has 3 atom stereocenters. The standard InChI is InChI=1S/C16H22ClNO/c1-11(19)13-7-8-16(14(17)10-13)18-9-3-5-12-4-2-6-15(12)18/h7-8,10-12,15,19H,2-6,9H2,1H3/t11-,12?,15?/m0/s1. The molecule has 2 fully saturated rings. The molecule has 0 spiro atoms. The predicted octanol–water partition coefficient (Wildman–Crippen LogP) is 4.16. The van der Waals surface area contributed by atoms with Crippen LogP contribution >= 0.6 is 11.6 Å². The number of rotatable bonds is 2. The van der Waals surface area contributed by atoms with E-state index >= 15 is 0 Å². The molecule has 1 aromatic rings. The smallest absolute Gasteiger partial charge is 0.0762 e. The molecule has 1 saturated heterocycles. The average molecular weight is 280 g/mol. The highest BCUT2D eigenvalue weighted by Crippen LogP contribution is 2.41. The molecule has 1 N–H and O–H groups in total. The normalized spacial score (nSPS) is 28.3. The Morgan fingerprint density at radius 1 is 1.26 bits per heavy atom. The van der Waals surface area contributed by atoms with E-state index in [4.69, 9.17) is 11.6 Å². The van der Waals surface area contributed by atoms with Gasteiger partial charge < -0.3 is 10.0 Å². The van der Waals surface area contributed by atoms with Gasteiger partial charge in [-0.15, -0.1) is 0 Å². The summed E-state index contributed by atoms with van der Waals surface area (Å²) >= 11 is 6.44. The summed E-state index contributed by atoms with van der Waals surface area (Å²) in [7, 11) is 0. The van der Waals surface area contributed by atoms with Crippen molar-refractivity contribution < 1.29 is 5.11 Å². The fourth-order valence-corrected chi connectivity index (χ4v) is 4.07. The number of nitrogens with zero attached hydrogens (tertiary/aromatic N) is 1. The van der Waals surface area contributed by atoms with Crippen LogP contribution < -0.4 is 4.90 Å². The maximum atomic E-state index is 9.63. The predicted molar refractivity (Wildman–Crippen MR) is 79.8 cm³/mol. The first-order valence-electron chi connectivity index (χ1n) is 7.41. The maximum absolute atomic E-state index is 9.63. The second-order valence-corrected chi connectivity index (χ2v) is 6.39. The summed E-state index contributed by atoms with van der Waals surface area (Å²) < 4.78 is 0. The molecule has 2 aliphatic rings. The Bertz CT molecular complexity index is 460. The summed E-state index contributed by atoms with van der Waals surface area (Å²) in [5.41, 5.74) is 2.05. The van der Waals surface area contributed by atoms with Crippen LogP contribution in [0.2, 0.25) is 5.02 Å². The van der Waals surface area contributed by atoms with Gasteiger partial charge in [0.25, 0.3) is 0 Å². The lowest BCUT2D eigenvalue weighted by Crippen LogP contribution is -2.42. The fourth-order valence-electron chi connectivity index (χ4n) is 3.77. The van der Waals surface area contributed by atoms with Gasteiger partial charge in [-0.1, -0.05) is 24.1 Å². The van der Waals surface area contributed by atoms with Gasteiger partial charge in [-0.2, -0.15) is 0 Å². The first-order chi connectivity index (χ1) is 9.16. The van der Waals surface area contributed by atoms with Gasteiger partial charge in [0.15, 0.2) is 0 Å². The summed E-state index contributed by atoms with van der Waals surface area (Å²) in [4.78, 5) is 2.51. The van der Waals surface area contributed by atoms with Crippen molar-refractivity contribution >= 4 is 17.3 Å². The van der Waals surface area contributed by atoms with Gasteiger partial charge in [-0.05, 0) is 56.2 Å². The van der Waals surface area contributed by atoms with Crippen LogP contribution in [0.25, 0.3) is 0 Å². The number of anilines is 1. The van der Waals surface area contributed by atoms with Crippen LogP contribution in [0.5, 0.6) is 0 Å². The van der Waals surface area contributed by atoms with Crippen molar-refractivity contribution in [3.8, 4) is 0 Å². The zero-order valence-corrected chi connectivity index (χ0v) is 12.2. The minimum Gasteiger partial charge on any atom is -0.389 e. The van der Waals surface area contributed by atoms with Gasteiger partial charge >= 0.3 is 0 Å². The Morgan fingerprint density at radius 3 is 2.79 bits per heavy atom. The van der Waals surface area contributed by atoms with Gasteiger partial charge in [0, 0.05) is 12.6 Å². The molecule has 0 amide bonds. The van der Waals surface area contributed by atoms with Crippen molar-refractivity contribution in [2.24, 2.45) is 5.92 Å². The van der Waals surface area contributed by atoms with Crippen molar-refractivity contribution in [2.75, 3.05) is 11.4 Å². The zero-order chi connectivity index (χ0) is 13.4. The third-order valence-electron chi connectivity index (χ3n) is 4.76. The SMILES string of the molecule is C[C@H](O)c1ccc(N2CCCC3CCCC32)c(Cl)c1. The fraction of sp³-hybridized carbons (Fsp3) is 0.625. The van der Waals surface area contributed by atoms with Crippen LogP contribution in [0.1, 0.15) is 50.7 Å². The molecule has 2 unspecified atom stereocenters. The highest BCUT2D eigenvalue weighted by molar-refractivity contribution is 6.33. The largest absolute Gasteiger partial charge is 0.389 e. The molecule has 1 aromatic carbocycles. The van der Waals surface area contributed by atoms with E-state index in [0.717, 1.165) is 28.7 Å². The van der Waals surface area contributed by atoms with Crippen LogP contribution in [0.3, 0.4) is 0 Å². The summed E-state index contributed by atoms with van der Waals surface area (Å²) in [6, 6.07) is 6.69. The number of fused-ring (bicyclic) bond motifs is 1. The van der Waals surface area contributed by atoms with Gasteiger partial charge in [-0.3, -0.25) is 0 Å². The van der Waals surface area contributed by atoms with E-state index in [1.165, 1.54) is 32.1 Å². The summed E-state index contributed by atoms with van der Waals surface area (Å²) in [6.07, 6.45) is 6.24. The molecule has 1 heterocycles. The first kappa shape index (κ1) is 13.3. The molecular formula is C16H22ClNO. The van der Waals surface area contributed by atoms with E-state index in [0.29, 0.717) is 6.04 Å². The lowest BCUT2D eigenvalue weighted by atomic mass is 9.91. The summed E-state index contributed by atoms with van der Waals surface area (Å²) in [5.74, 6) is 0.862. The van der Waals surface area contributed by atoms with Gasteiger partial charge in [-0.25, -0.2) is 0 Å². The number of aliphatic hydroxyl groups is 1. The molecule has 0 bridgehead atoms. The van der Waals surface area contributed by atoms with Crippen molar-refractivity contribution in [3.63, 3.8) is 0 Å². The Labute approximate surface area is 120 Å². The minimum atomic E-state index is -0.452. The highest BCUT2D eigenvalue weighted by Gasteiger charge is 2.35. The van der Waals surface area contributed by atoms with Crippen molar-refractivity contribution in [3.05, 3.63) is 28.8 Å². The van der Waals surface area contributed by atoms with Crippen LogP contribution in [-0.4, -0.2) is 17.7 Å².